The number of piperidine rings is 1. The highest BCUT2D eigenvalue weighted by molar-refractivity contribution is 5.92. The molecule has 8 heteroatoms. The summed E-state index contributed by atoms with van der Waals surface area (Å²) in [6, 6.07) is 0.0674. The van der Waals surface area contributed by atoms with Gasteiger partial charge in [0.2, 0.25) is 5.91 Å². The molecule has 1 aromatic rings. The Bertz CT molecular complexity index is 500. The fourth-order valence-electron chi connectivity index (χ4n) is 2.41. The summed E-state index contributed by atoms with van der Waals surface area (Å²) < 4.78 is 1.54. The standard InChI is InChI=1S/C12H20N6O2/c1-8-2-3-9(11(14)19)6-18(8)12(20)10-7-17(5-4-13)16-15-10/h7-9H,2-6,13H2,1H3,(H2,14,19). The van der Waals surface area contributed by atoms with Gasteiger partial charge in [0.05, 0.1) is 18.7 Å². The average molecular weight is 280 g/mol. The van der Waals surface area contributed by atoms with Crippen molar-refractivity contribution in [2.45, 2.75) is 32.4 Å². The van der Waals surface area contributed by atoms with E-state index in [9.17, 15) is 9.59 Å². The van der Waals surface area contributed by atoms with Gasteiger partial charge in [-0.05, 0) is 19.8 Å². The second kappa shape index (κ2) is 6.00. The average Bonchev–Trinajstić information content (AvgIpc) is 2.87. The number of nitrogens with zero attached hydrogens (tertiary/aromatic N) is 4. The van der Waals surface area contributed by atoms with E-state index in [4.69, 9.17) is 11.5 Å². The minimum absolute atomic E-state index is 0.0674. The minimum atomic E-state index is -0.360. The second-order valence-electron chi connectivity index (χ2n) is 5.14. The molecular weight excluding hydrogens is 260 g/mol. The summed E-state index contributed by atoms with van der Waals surface area (Å²) in [4.78, 5) is 25.4. The maximum absolute atomic E-state index is 12.4. The summed E-state index contributed by atoms with van der Waals surface area (Å²) in [7, 11) is 0. The molecule has 2 amide bonds. The monoisotopic (exact) mass is 280 g/mol. The zero-order valence-electron chi connectivity index (χ0n) is 11.5. The number of aromatic nitrogens is 3. The highest BCUT2D eigenvalue weighted by Crippen LogP contribution is 2.23. The lowest BCUT2D eigenvalue weighted by molar-refractivity contribution is -0.123. The number of carbonyl (C=O) groups is 2. The predicted octanol–water partition coefficient (Wildman–Crippen LogP) is -1.04. The van der Waals surface area contributed by atoms with Gasteiger partial charge >= 0.3 is 0 Å². The molecule has 8 nitrogen and oxygen atoms in total. The molecule has 2 atom stereocenters. The Kier molecular flexibility index (Phi) is 4.33. The van der Waals surface area contributed by atoms with Gasteiger partial charge in [0, 0.05) is 19.1 Å². The predicted molar refractivity (Wildman–Crippen MR) is 71.5 cm³/mol. The SMILES string of the molecule is CC1CCC(C(N)=O)CN1C(=O)c1cn(CCN)nn1. The molecule has 110 valence electrons. The van der Waals surface area contributed by atoms with Gasteiger partial charge in [-0.25, -0.2) is 0 Å². The largest absolute Gasteiger partial charge is 0.369 e. The van der Waals surface area contributed by atoms with Crippen LogP contribution in [0.5, 0.6) is 0 Å². The van der Waals surface area contributed by atoms with Gasteiger partial charge < -0.3 is 16.4 Å². The normalized spacial score (nSPS) is 22.8. The van der Waals surface area contributed by atoms with Crippen LogP contribution in [0.3, 0.4) is 0 Å². The Morgan fingerprint density at radius 3 is 2.85 bits per heavy atom. The molecule has 2 rings (SSSR count). The smallest absolute Gasteiger partial charge is 0.276 e. The summed E-state index contributed by atoms with van der Waals surface area (Å²) in [6.07, 6.45) is 3.06. The Morgan fingerprint density at radius 1 is 1.45 bits per heavy atom. The summed E-state index contributed by atoms with van der Waals surface area (Å²) in [6.45, 7) is 3.25. The Hall–Kier alpha value is -1.96. The first kappa shape index (κ1) is 14.4. The van der Waals surface area contributed by atoms with Crippen LogP contribution in [-0.4, -0.2) is 50.8 Å². The van der Waals surface area contributed by atoms with Gasteiger partial charge in [-0.1, -0.05) is 5.21 Å². The van der Waals surface area contributed by atoms with E-state index in [1.165, 1.54) is 4.68 Å². The van der Waals surface area contributed by atoms with Crippen molar-refractivity contribution in [1.82, 2.24) is 19.9 Å². The van der Waals surface area contributed by atoms with Gasteiger partial charge in [-0.3, -0.25) is 14.3 Å². The van der Waals surface area contributed by atoms with Crippen LogP contribution < -0.4 is 11.5 Å². The fraction of sp³-hybridized carbons (Fsp3) is 0.667. The molecule has 0 bridgehead atoms. The van der Waals surface area contributed by atoms with E-state index in [2.05, 4.69) is 10.3 Å². The third-order valence-electron chi connectivity index (χ3n) is 3.66. The molecule has 2 heterocycles. The van der Waals surface area contributed by atoms with Crippen LogP contribution in [0.15, 0.2) is 6.20 Å². The lowest BCUT2D eigenvalue weighted by atomic mass is 9.92. The minimum Gasteiger partial charge on any atom is -0.369 e. The van der Waals surface area contributed by atoms with Crippen molar-refractivity contribution in [1.29, 1.82) is 0 Å². The van der Waals surface area contributed by atoms with Crippen LogP contribution >= 0.6 is 0 Å². The van der Waals surface area contributed by atoms with E-state index in [-0.39, 0.29) is 29.5 Å². The first-order valence-corrected chi connectivity index (χ1v) is 6.73. The molecule has 4 N–H and O–H groups in total. The molecule has 2 unspecified atom stereocenters. The molecule has 1 fully saturated rings. The molecule has 1 aromatic heterocycles. The van der Waals surface area contributed by atoms with Crippen LogP contribution in [0.4, 0.5) is 0 Å². The molecule has 1 aliphatic heterocycles. The van der Waals surface area contributed by atoms with Crippen LogP contribution in [0.25, 0.3) is 0 Å². The maximum Gasteiger partial charge on any atom is 0.276 e. The first-order chi connectivity index (χ1) is 9.52. The Morgan fingerprint density at radius 2 is 2.20 bits per heavy atom. The number of rotatable bonds is 4. The number of carbonyl (C=O) groups excluding carboxylic acids is 2. The molecule has 0 aromatic carbocycles. The van der Waals surface area contributed by atoms with Crippen LogP contribution in [0.1, 0.15) is 30.3 Å². The highest BCUT2D eigenvalue weighted by Gasteiger charge is 2.33. The van der Waals surface area contributed by atoms with Crippen molar-refractivity contribution < 1.29 is 9.59 Å². The quantitative estimate of drug-likeness (QED) is 0.730. The van der Waals surface area contributed by atoms with Gasteiger partial charge in [-0.2, -0.15) is 0 Å². The summed E-state index contributed by atoms with van der Waals surface area (Å²) >= 11 is 0. The van der Waals surface area contributed by atoms with E-state index in [1.54, 1.807) is 11.1 Å². The molecule has 1 saturated heterocycles. The molecule has 0 spiro atoms. The zero-order valence-corrected chi connectivity index (χ0v) is 11.5. The van der Waals surface area contributed by atoms with Crippen molar-refractivity contribution in [3.05, 3.63) is 11.9 Å². The molecule has 1 aliphatic rings. The van der Waals surface area contributed by atoms with Gasteiger partial charge in [-0.15, -0.1) is 5.10 Å². The molecular formula is C12H20N6O2. The third-order valence-corrected chi connectivity index (χ3v) is 3.66. The van der Waals surface area contributed by atoms with Crippen molar-refractivity contribution >= 4 is 11.8 Å². The van der Waals surface area contributed by atoms with Gasteiger partial charge in [0.1, 0.15) is 0 Å². The third kappa shape index (κ3) is 2.96. The fourth-order valence-corrected chi connectivity index (χ4v) is 2.41. The van der Waals surface area contributed by atoms with E-state index in [0.717, 1.165) is 12.8 Å². The van der Waals surface area contributed by atoms with Crippen molar-refractivity contribution in [2.75, 3.05) is 13.1 Å². The summed E-state index contributed by atoms with van der Waals surface area (Å²) in [5.74, 6) is -0.859. The summed E-state index contributed by atoms with van der Waals surface area (Å²) in [5.41, 5.74) is 11.0. The molecule has 0 saturated carbocycles. The van der Waals surface area contributed by atoms with Crippen LogP contribution in [0.2, 0.25) is 0 Å². The first-order valence-electron chi connectivity index (χ1n) is 6.73. The van der Waals surface area contributed by atoms with Crippen LogP contribution in [-0.2, 0) is 11.3 Å². The Balaban J connectivity index is 2.11. The van der Waals surface area contributed by atoms with Crippen molar-refractivity contribution in [3.63, 3.8) is 0 Å². The second-order valence-corrected chi connectivity index (χ2v) is 5.14. The Labute approximate surface area is 117 Å². The van der Waals surface area contributed by atoms with E-state index >= 15 is 0 Å². The van der Waals surface area contributed by atoms with E-state index in [0.29, 0.717) is 19.6 Å². The van der Waals surface area contributed by atoms with E-state index in [1.807, 2.05) is 6.92 Å². The van der Waals surface area contributed by atoms with Crippen molar-refractivity contribution in [3.8, 4) is 0 Å². The zero-order chi connectivity index (χ0) is 14.7. The number of primary amides is 1. The van der Waals surface area contributed by atoms with Crippen LogP contribution in [0, 0.1) is 5.92 Å². The van der Waals surface area contributed by atoms with E-state index < -0.39 is 0 Å². The topological polar surface area (TPSA) is 120 Å². The number of likely N-dealkylation sites (tertiary alicyclic amines) is 1. The van der Waals surface area contributed by atoms with Gasteiger partial charge in [0.25, 0.3) is 5.91 Å². The van der Waals surface area contributed by atoms with Gasteiger partial charge in [0.15, 0.2) is 5.69 Å². The molecule has 20 heavy (non-hydrogen) atoms. The lowest BCUT2D eigenvalue weighted by Crippen LogP contribution is -2.48. The number of hydrogen-bond donors (Lipinski definition) is 2. The molecule has 0 aliphatic carbocycles. The maximum atomic E-state index is 12.4. The molecule has 0 radical (unpaired) electrons. The lowest BCUT2D eigenvalue weighted by Gasteiger charge is -2.36. The summed E-state index contributed by atoms with van der Waals surface area (Å²) in [5, 5.41) is 7.71. The number of nitrogens with two attached hydrogens (primary N) is 2. The number of amides is 2. The van der Waals surface area contributed by atoms with Crippen molar-refractivity contribution in [2.24, 2.45) is 17.4 Å². The highest BCUT2D eigenvalue weighted by atomic mass is 16.2. The number of hydrogen-bond acceptors (Lipinski definition) is 5.